The van der Waals surface area contributed by atoms with Crippen molar-refractivity contribution in [2.24, 2.45) is 11.8 Å². The number of halogens is 1. The zero-order valence-electron chi connectivity index (χ0n) is 25.4. The second-order valence-corrected chi connectivity index (χ2v) is 11.6. The standard InChI is InChI=1S/C29H31FN4O9.2Na/c1-13-18(24(28(40)41)34-23(13)22(14(2)35)26(34)37)12-43-29(42)32-7-5-31(6-8-32)21-10-20-16(9-19(21)30)25(36)17(27(38)39)11-33(20)15-3-4-15;;/h9-11,13-15,22-23,35H,3-8,12H2,1-2H3,(H,38,39)(H,40,41);;/q;2*+1/p-2/t13-,14+,22-,23+;;/m0../s1. The number of carbonyl (C=O) groups is 4. The number of benzene rings is 1. The molecule has 1 aromatic carbocycles. The second kappa shape index (κ2) is 13.3. The van der Waals surface area contributed by atoms with Crippen LogP contribution in [-0.4, -0.2) is 88.3 Å². The summed E-state index contributed by atoms with van der Waals surface area (Å²) in [6.45, 7) is 3.58. The number of hydrogen-bond acceptors (Lipinski definition) is 10. The second-order valence-electron chi connectivity index (χ2n) is 11.6. The molecule has 4 atom stereocenters. The van der Waals surface area contributed by atoms with E-state index >= 15 is 4.39 Å². The third kappa shape index (κ3) is 6.06. The minimum atomic E-state index is -1.62. The summed E-state index contributed by atoms with van der Waals surface area (Å²) in [5.74, 6) is -5.63. The van der Waals surface area contributed by atoms with Gasteiger partial charge < -0.3 is 48.9 Å². The van der Waals surface area contributed by atoms with Crippen molar-refractivity contribution in [3.63, 3.8) is 0 Å². The Morgan fingerprint density at radius 1 is 1.07 bits per heavy atom. The number of carboxylic acids is 2. The molecule has 6 rings (SSSR count). The van der Waals surface area contributed by atoms with Gasteiger partial charge in [0.25, 0.3) is 0 Å². The summed E-state index contributed by atoms with van der Waals surface area (Å²) in [6.07, 6.45) is 1.18. The zero-order valence-corrected chi connectivity index (χ0v) is 29.4. The Hall–Kier alpha value is -2.46. The first kappa shape index (κ1) is 35.4. The Bertz CT molecular complexity index is 1670. The minimum absolute atomic E-state index is 0. The van der Waals surface area contributed by atoms with Crippen LogP contribution < -0.4 is 79.7 Å². The van der Waals surface area contributed by atoms with Crippen molar-refractivity contribution >= 4 is 40.5 Å². The number of nitrogens with zero attached hydrogens (tertiary/aromatic N) is 4. The quantitative estimate of drug-likeness (QED) is 0.226. The molecule has 0 radical (unpaired) electrons. The van der Waals surface area contributed by atoms with Crippen LogP contribution in [0.4, 0.5) is 14.9 Å². The Kier molecular flexibility index (Phi) is 10.5. The molecule has 1 saturated carbocycles. The van der Waals surface area contributed by atoms with Crippen molar-refractivity contribution in [3.8, 4) is 0 Å². The monoisotopic (exact) mass is 642 g/mol. The molecule has 3 aliphatic heterocycles. The fourth-order valence-electron chi connectivity index (χ4n) is 6.59. The van der Waals surface area contributed by atoms with Crippen LogP contribution in [0.15, 0.2) is 34.4 Å². The predicted octanol–water partition coefficient (Wildman–Crippen LogP) is -7.03. The SMILES string of the molecule is C[C@@H](O)[C@@H]1C(=O)N2C(C(=O)[O-])=C(COC(=O)N3CCN(c4cc5c(cc4F)c(=O)c(C(=O)[O-])cn5C4CC4)CC3)[C@H](C)[C@H]12.[Na+].[Na+]. The van der Waals surface area contributed by atoms with Gasteiger partial charge in [-0.2, -0.15) is 0 Å². The number of aromatic nitrogens is 1. The number of aliphatic hydroxyl groups is 1. The van der Waals surface area contributed by atoms with Crippen LogP contribution in [0.2, 0.25) is 0 Å². The largest absolute Gasteiger partial charge is 1.00 e. The number of aliphatic hydroxyl groups excluding tert-OH is 1. The van der Waals surface area contributed by atoms with E-state index < -0.39 is 64.7 Å². The van der Waals surface area contributed by atoms with E-state index in [2.05, 4.69) is 0 Å². The third-order valence-corrected chi connectivity index (χ3v) is 9.00. The molecule has 228 valence electrons. The molecule has 0 spiro atoms. The summed E-state index contributed by atoms with van der Waals surface area (Å²) in [4.78, 5) is 65.7. The number of piperazine rings is 1. The molecular weight excluding hydrogens is 613 g/mol. The topological polar surface area (TPSA) is 176 Å². The molecule has 4 heterocycles. The summed E-state index contributed by atoms with van der Waals surface area (Å²) >= 11 is 0. The molecule has 4 aliphatic rings. The number of ether oxygens (including phenoxy) is 1. The fourth-order valence-corrected chi connectivity index (χ4v) is 6.59. The molecule has 13 nitrogen and oxygen atoms in total. The summed E-state index contributed by atoms with van der Waals surface area (Å²) in [6, 6.07) is 2.01. The third-order valence-electron chi connectivity index (χ3n) is 9.00. The molecule has 16 heteroatoms. The maximum atomic E-state index is 15.3. The van der Waals surface area contributed by atoms with Crippen LogP contribution in [0.3, 0.4) is 0 Å². The number of carbonyl (C=O) groups excluding carboxylic acids is 4. The van der Waals surface area contributed by atoms with Gasteiger partial charge in [0.05, 0.1) is 52.5 Å². The molecule has 3 fully saturated rings. The van der Waals surface area contributed by atoms with Gasteiger partial charge in [0.2, 0.25) is 5.91 Å². The molecule has 1 aromatic heterocycles. The van der Waals surface area contributed by atoms with Gasteiger partial charge >= 0.3 is 65.2 Å². The van der Waals surface area contributed by atoms with Gasteiger partial charge in [-0.25, -0.2) is 9.18 Å². The van der Waals surface area contributed by atoms with Crippen LogP contribution in [0.25, 0.3) is 10.9 Å². The fraction of sp³-hybridized carbons (Fsp3) is 0.483. The van der Waals surface area contributed by atoms with E-state index in [1.54, 1.807) is 16.4 Å². The predicted molar refractivity (Wildman–Crippen MR) is 143 cm³/mol. The zero-order chi connectivity index (χ0) is 30.9. The number of amides is 2. The van der Waals surface area contributed by atoms with Crippen molar-refractivity contribution in [1.29, 1.82) is 0 Å². The average Bonchev–Trinajstić information content (AvgIpc) is 3.76. The molecule has 2 amide bonds. The molecule has 2 aromatic rings. The van der Waals surface area contributed by atoms with Crippen molar-refractivity contribution in [2.45, 2.75) is 44.9 Å². The number of hydrogen-bond donors (Lipinski definition) is 1. The van der Waals surface area contributed by atoms with Crippen LogP contribution in [0.1, 0.15) is 43.1 Å². The van der Waals surface area contributed by atoms with Crippen molar-refractivity contribution < 1.29 is 103 Å². The number of fused-ring (bicyclic) bond motifs is 2. The first-order valence-electron chi connectivity index (χ1n) is 14.1. The maximum absolute atomic E-state index is 15.3. The van der Waals surface area contributed by atoms with Gasteiger partial charge in [-0.3, -0.25) is 9.59 Å². The summed E-state index contributed by atoms with van der Waals surface area (Å²) in [5, 5.41) is 33.3. The Labute approximate surface area is 301 Å². The number of rotatable bonds is 7. The molecule has 2 saturated heterocycles. The van der Waals surface area contributed by atoms with Crippen molar-refractivity contribution in [1.82, 2.24) is 14.4 Å². The first-order chi connectivity index (χ1) is 20.4. The Balaban J connectivity index is 0.00000230. The van der Waals surface area contributed by atoms with Crippen LogP contribution in [0.5, 0.6) is 0 Å². The molecular formula is C29H29FN4Na2O9. The molecule has 1 aliphatic carbocycles. The van der Waals surface area contributed by atoms with E-state index in [0.717, 1.165) is 23.8 Å². The molecule has 0 unspecified atom stereocenters. The van der Waals surface area contributed by atoms with E-state index in [-0.39, 0.29) is 120 Å². The summed E-state index contributed by atoms with van der Waals surface area (Å²) < 4.78 is 22.4. The van der Waals surface area contributed by atoms with Crippen LogP contribution in [-0.2, 0) is 14.3 Å². The van der Waals surface area contributed by atoms with Crippen molar-refractivity contribution in [2.75, 3.05) is 37.7 Å². The van der Waals surface area contributed by atoms with Gasteiger partial charge in [0, 0.05) is 49.7 Å². The number of carboxylic acid groups (broad SMARTS) is 2. The van der Waals surface area contributed by atoms with Gasteiger partial charge in [-0.1, -0.05) is 6.92 Å². The van der Waals surface area contributed by atoms with Gasteiger partial charge in [0.1, 0.15) is 12.4 Å². The minimum Gasteiger partial charge on any atom is -0.545 e. The smallest absolute Gasteiger partial charge is 0.545 e. The van der Waals surface area contributed by atoms with E-state index in [0.29, 0.717) is 5.52 Å². The summed E-state index contributed by atoms with van der Waals surface area (Å²) in [5.41, 5.74) is -0.808. The molecule has 1 N–H and O–H groups in total. The van der Waals surface area contributed by atoms with E-state index in [9.17, 15) is 39.3 Å². The van der Waals surface area contributed by atoms with Crippen molar-refractivity contribution in [3.05, 3.63) is 51.2 Å². The van der Waals surface area contributed by atoms with Crippen LogP contribution in [0, 0.1) is 17.7 Å². The van der Waals surface area contributed by atoms with Gasteiger partial charge in [-0.15, -0.1) is 0 Å². The Morgan fingerprint density at radius 2 is 1.71 bits per heavy atom. The van der Waals surface area contributed by atoms with Crippen LogP contribution >= 0.6 is 0 Å². The first-order valence-corrected chi connectivity index (χ1v) is 14.1. The van der Waals surface area contributed by atoms with Gasteiger partial charge in [-0.05, 0) is 37.5 Å². The molecule has 45 heavy (non-hydrogen) atoms. The van der Waals surface area contributed by atoms with E-state index in [1.807, 2.05) is 0 Å². The maximum Gasteiger partial charge on any atom is 1.00 e. The number of β-lactam (4-membered cyclic amide) rings is 1. The van der Waals surface area contributed by atoms with E-state index in [1.165, 1.54) is 24.1 Å². The van der Waals surface area contributed by atoms with Gasteiger partial charge in [0.15, 0.2) is 5.43 Å². The Morgan fingerprint density at radius 3 is 2.27 bits per heavy atom. The number of aromatic carboxylic acids is 1. The number of pyridine rings is 1. The summed E-state index contributed by atoms with van der Waals surface area (Å²) in [7, 11) is 0. The molecule has 0 bridgehead atoms. The number of aliphatic carboxylic acids is 1. The average molecular weight is 643 g/mol. The number of anilines is 1. The normalized spacial score (nSPS) is 23.2. The van der Waals surface area contributed by atoms with E-state index in [4.69, 9.17) is 4.74 Å².